The van der Waals surface area contributed by atoms with Crippen LogP contribution in [0.3, 0.4) is 0 Å². The van der Waals surface area contributed by atoms with Crippen molar-refractivity contribution in [1.82, 2.24) is 34.8 Å². The lowest BCUT2D eigenvalue weighted by Crippen LogP contribution is -2.36. The second-order valence-corrected chi connectivity index (χ2v) is 9.06. The van der Waals surface area contributed by atoms with E-state index in [9.17, 15) is 4.79 Å². The molecule has 176 valence electrons. The van der Waals surface area contributed by atoms with E-state index in [0.29, 0.717) is 30.3 Å². The number of ether oxygens (including phenoxy) is 1. The first-order valence-corrected chi connectivity index (χ1v) is 11.4. The van der Waals surface area contributed by atoms with Crippen LogP contribution >= 0.6 is 0 Å². The molecule has 0 bridgehead atoms. The Morgan fingerprint density at radius 3 is 2.97 bits per heavy atom. The summed E-state index contributed by atoms with van der Waals surface area (Å²) in [6.45, 7) is 6.70. The Labute approximate surface area is 190 Å². The predicted octanol–water partition coefficient (Wildman–Crippen LogP) is 3.12. The van der Waals surface area contributed by atoms with Crippen molar-refractivity contribution in [2.45, 2.75) is 63.9 Å². The van der Waals surface area contributed by atoms with E-state index in [1.165, 1.54) is 6.42 Å². The van der Waals surface area contributed by atoms with E-state index in [2.05, 4.69) is 35.7 Å². The lowest BCUT2D eigenvalue weighted by Gasteiger charge is -2.29. The number of nitrogens with one attached hydrogen (secondary N) is 3. The number of imidazole rings is 1. The monoisotopic (exact) mass is 456 g/mol. The molecule has 0 unspecified atom stereocenters. The average molecular weight is 457 g/mol. The Kier molecular flexibility index (Phi) is 5.88. The highest BCUT2D eigenvalue weighted by Gasteiger charge is 2.40. The number of carbonyl (C=O) groups excluding carboxylic acids is 1. The number of fused-ring (bicyclic) bond motifs is 1. The van der Waals surface area contributed by atoms with Crippen LogP contribution in [0.2, 0.25) is 0 Å². The molecule has 1 aliphatic heterocycles. The zero-order valence-electron chi connectivity index (χ0n) is 18.8. The number of aromatic amines is 1. The van der Waals surface area contributed by atoms with Gasteiger partial charge in [0.05, 0.1) is 5.69 Å². The highest BCUT2D eigenvalue weighted by molar-refractivity contribution is 5.67. The first-order valence-electron chi connectivity index (χ1n) is 11.4. The Hall–Kier alpha value is -3.21. The average Bonchev–Trinajstić information content (AvgIpc) is 3.44. The zero-order chi connectivity index (χ0) is 22.9. The molecule has 10 nitrogen and oxygen atoms in total. The number of aromatic nitrogens is 5. The minimum atomic E-state index is -1.30. The highest BCUT2D eigenvalue weighted by Crippen LogP contribution is 2.38. The molecule has 33 heavy (non-hydrogen) atoms. The summed E-state index contributed by atoms with van der Waals surface area (Å²) in [5, 5.41) is 13.1. The zero-order valence-corrected chi connectivity index (χ0v) is 18.8. The van der Waals surface area contributed by atoms with Crippen LogP contribution in [0.4, 0.5) is 21.0 Å². The summed E-state index contributed by atoms with van der Waals surface area (Å²) in [4.78, 5) is 23.3. The van der Waals surface area contributed by atoms with Crippen molar-refractivity contribution >= 4 is 23.5 Å². The number of hydrogen-bond acceptors (Lipinski definition) is 7. The lowest BCUT2D eigenvalue weighted by molar-refractivity contribution is 0.0555. The van der Waals surface area contributed by atoms with Gasteiger partial charge in [0.1, 0.15) is 17.9 Å². The van der Waals surface area contributed by atoms with Crippen molar-refractivity contribution in [3.05, 3.63) is 35.9 Å². The van der Waals surface area contributed by atoms with Gasteiger partial charge in [0, 0.05) is 42.7 Å². The number of rotatable bonds is 7. The van der Waals surface area contributed by atoms with Gasteiger partial charge in [-0.25, -0.2) is 19.2 Å². The van der Waals surface area contributed by atoms with Gasteiger partial charge in [-0.2, -0.15) is 5.10 Å². The van der Waals surface area contributed by atoms with E-state index in [1.54, 1.807) is 12.3 Å². The summed E-state index contributed by atoms with van der Waals surface area (Å²) in [5.74, 6) is 0.713. The summed E-state index contributed by atoms with van der Waals surface area (Å²) in [5.41, 5.74) is 2.46. The van der Waals surface area contributed by atoms with Gasteiger partial charge in [0.25, 0.3) is 0 Å². The number of likely N-dealkylation sites (tertiary alicyclic amines) is 1. The van der Waals surface area contributed by atoms with Crippen LogP contribution in [0.5, 0.6) is 0 Å². The van der Waals surface area contributed by atoms with E-state index in [4.69, 9.17) is 4.74 Å². The Morgan fingerprint density at radius 1 is 1.36 bits per heavy atom. The maximum atomic E-state index is 15.0. The number of alkyl halides is 1. The molecule has 3 N–H and O–H groups in total. The minimum absolute atomic E-state index is 0.0608. The normalized spacial score (nSPS) is 23.1. The minimum Gasteiger partial charge on any atom is -0.443 e. The Balaban J connectivity index is 1.26. The maximum Gasteiger partial charge on any atom is 0.407 e. The highest BCUT2D eigenvalue weighted by atomic mass is 19.1. The van der Waals surface area contributed by atoms with Crippen molar-refractivity contribution in [2.24, 2.45) is 0 Å². The molecule has 1 amide bonds. The van der Waals surface area contributed by atoms with Gasteiger partial charge in [-0.15, -0.1) is 0 Å². The molecule has 11 heteroatoms. The molecule has 2 fully saturated rings. The number of amides is 1. The smallest absolute Gasteiger partial charge is 0.407 e. The fraction of sp³-hybridized carbons (Fsp3) is 0.545. The van der Waals surface area contributed by atoms with Crippen molar-refractivity contribution < 1.29 is 13.9 Å². The van der Waals surface area contributed by atoms with Crippen LogP contribution in [0.25, 0.3) is 5.65 Å². The number of nitrogens with zero attached hydrogens (tertiary/aromatic N) is 5. The quantitative estimate of drug-likeness (QED) is 0.501. The molecule has 0 radical (unpaired) electrons. The molecule has 3 atom stereocenters. The third kappa shape index (κ3) is 4.63. The van der Waals surface area contributed by atoms with Gasteiger partial charge >= 0.3 is 6.09 Å². The fourth-order valence-corrected chi connectivity index (χ4v) is 4.39. The lowest BCUT2D eigenvalue weighted by atomic mass is 10.0. The second-order valence-electron chi connectivity index (χ2n) is 9.06. The summed E-state index contributed by atoms with van der Waals surface area (Å²) in [7, 11) is 0. The molecule has 4 heterocycles. The maximum absolute atomic E-state index is 15.0. The summed E-state index contributed by atoms with van der Waals surface area (Å²) in [6, 6.07) is 3.59. The van der Waals surface area contributed by atoms with Crippen LogP contribution in [-0.2, 0) is 11.3 Å². The molecule has 2 aliphatic rings. The molecular weight excluding hydrogens is 427 g/mol. The van der Waals surface area contributed by atoms with Gasteiger partial charge in [-0.1, -0.05) is 0 Å². The number of H-pyrrole nitrogens is 1. The van der Waals surface area contributed by atoms with Crippen LogP contribution in [0.1, 0.15) is 50.4 Å². The number of hydrogen-bond donors (Lipinski definition) is 3. The summed E-state index contributed by atoms with van der Waals surface area (Å²) in [6.07, 6.45) is 3.31. The molecular formula is C22H29FN8O2. The molecule has 5 rings (SSSR count). The van der Waals surface area contributed by atoms with E-state index < -0.39 is 24.3 Å². The SMILES string of the molecule is CC(C)NC(=O)O[C@H]1CC[C@@H](c2cc(Nc3nccc4nc(CN5CCC5)cn34)n[nH]2)[C@@H]1F. The van der Waals surface area contributed by atoms with Crippen molar-refractivity contribution in [1.29, 1.82) is 0 Å². The van der Waals surface area contributed by atoms with Crippen molar-refractivity contribution in [3.8, 4) is 0 Å². The standard InChI is InChI=1S/C22H29FN8O2/c1-13(2)25-22(32)33-17-5-4-15(20(17)23)16-10-18(29-28-16)27-21-24-7-6-19-26-14(12-31(19)21)11-30-8-3-9-30/h6-7,10,12-13,15,17,20H,3-5,8-9,11H2,1-2H3,(H,25,32)(H2,24,27,28,29)/t15-,17-,20-/m0/s1. The van der Waals surface area contributed by atoms with Gasteiger partial charge in [0.2, 0.25) is 5.95 Å². The summed E-state index contributed by atoms with van der Waals surface area (Å²) >= 11 is 0. The molecule has 1 saturated carbocycles. The topological polar surface area (TPSA) is 112 Å². The van der Waals surface area contributed by atoms with Gasteiger partial charge in [-0.05, 0) is 52.3 Å². The van der Waals surface area contributed by atoms with Crippen molar-refractivity contribution in [3.63, 3.8) is 0 Å². The van der Waals surface area contributed by atoms with Gasteiger partial charge in [0.15, 0.2) is 5.82 Å². The van der Waals surface area contributed by atoms with Gasteiger partial charge in [-0.3, -0.25) is 14.4 Å². The molecule has 3 aromatic heterocycles. The van der Waals surface area contributed by atoms with Crippen LogP contribution in [0, 0.1) is 0 Å². The van der Waals surface area contributed by atoms with Crippen LogP contribution in [0.15, 0.2) is 24.5 Å². The first-order chi connectivity index (χ1) is 16.0. The fourth-order valence-electron chi connectivity index (χ4n) is 4.39. The Bertz CT molecular complexity index is 1120. The van der Waals surface area contributed by atoms with Crippen LogP contribution in [-0.4, -0.2) is 67.0 Å². The Morgan fingerprint density at radius 2 is 2.21 bits per heavy atom. The number of alkyl carbamates (subject to hydrolysis) is 1. The predicted molar refractivity (Wildman–Crippen MR) is 120 cm³/mol. The first kappa shape index (κ1) is 21.6. The molecule has 1 aliphatic carbocycles. The number of anilines is 2. The largest absolute Gasteiger partial charge is 0.443 e. The third-order valence-electron chi connectivity index (χ3n) is 6.17. The third-order valence-corrected chi connectivity index (χ3v) is 6.17. The van der Waals surface area contributed by atoms with Gasteiger partial charge < -0.3 is 15.4 Å². The van der Waals surface area contributed by atoms with Crippen LogP contribution < -0.4 is 10.6 Å². The molecule has 0 aromatic carbocycles. The molecule has 3 aromatic rings. The molecule has 0 spiro atoms. The van der Waals surface area contributed by atoms with E-state index in [0.717, 1.165) is 31.0 Å². The second kappa shape index (κ2) is 8.97. The summed E-state index contributed by atoms with van der Waals surface area (Å²) < 4.78 is 22.2. The molecule has 1 saturated heterocycles. The van der Waals surface area contributed by atoms with E-state index >= 15 is 4.39 Å². The van der Waals surface area contributed by atoms with Crippen molar-refractivity contribution in [2.75, 3.05) is 18.4 Å². The van der Waals surface area contributed by atoms with E-state index in [1.807, 2.05) is 30.5 Å². The number of halogens is 1. The van der Waals surface area contributed by atoms with E-state index in [-0.39, 0.29) is 6.04 Å². The number of carbonyl (C=O) groups is 1.